The fourth-order valence-corrected chi connectivity index (χ4v) is 0.890. The molecule has 2 N–H and O–H groups in total. The molecule has 0 aromatic heterocycles. The highest BCUT2D eigenvalue weighted by molar-refractivity contribution is 5.77. The molecule has 0 aliphatic heterocycles. The van der Waals surface area contributed by atoms with Crippen LogP contribution < -0.4 is 10.6 Å². The molecule has 0 rings (SSSR count). The molecule has 0 heterocycles. The average molecular weight is 187 g/mol. The minimum atomic E-state index is 0.0710. The Labute approximate surface area is 80.7 Å². The van der Waals surface area contributed by atoms with Crippen LogP contribution in [0.15, 0.2) is 0 Å². The Morgan fingerprint density at radius 3 is 2.62 bits per heavy atom. The Bertz CT molecular complexity index is 139. The van der Waals surface area contributed by atoms with E-state index in [1.807, 2.05) is 6.92 Å². The van der Waals surface area contributed by atoms with Gasteiger partial charge in [0.05, 0.1) is 6.54 Å². The number of hydrogen-bond acceptors (Lipinski definition) is 3. The Hall–Kier alpha value is -0.610. The van der Waals surface area contributed by atoms with Crippen molar-refractivity contribution in [3.8, 4) is 0 Å². The second-order valence-electron chi connectivity index (χ2n) is 3.03. The number of rotatable bonds is 7. The summed E-state index contributed by atoms with van der Waals surface area (Å²) in [5.74, 6) is 0.0710. The quantitative estimate of drug-likeness (QED) is 0.536. The predicted octanol–water partition coefficient (Wildman–Crippen LogP) is -0.336. The fraction of sp³-hybridized carbons (Fsp3) is 0.889. The number of nitrogens with one attached hydrogen (secondary N) is 2. The summed E-state index contributed by atoms with van der Waals surface area (Å²) < 4.78 is 0. The highest BCUT2D eigenvalue weighted by Crippen LogP contribution is 1.77. The maximum absolute atomic E-state index is 11.0. The zero-order chi connectivity index (χ0) is 10.1. The molecule has 0 aromatic rings. The second kappa shape index (κ2) is 8.01. The highest BCUT2D eigenvalue weighted by atomic mass is 16.1. The minimum absolute atomic E-state index is 0.0710. The van der Waals surface area contributed by atoms with E-state index in [1.54, 1.807) is 0 Å². The van der Waals surface area contributed by atoms with Crippen molar-refractivity contribution in [1.82, 2.24) is 15.5 Å². The van der Waals surface area contributed by atoms with E-state index in [1.165, 1.54) is 0 Å². The first-order valence-corrected chi connectivity index (χ1v) is 4.86. The summed E-state index contributed by atoms with van der Waals surface area (Å²) in [7, 11) is 2.06. The van der Waals surface area contributed by atoms with Crippen LogP contribution in [0.25, 0.3) is 0 Å². The van der Waals surface area contributed by atoms with Gasteiger partial charge in [-0.2, -0.15) is 0 Å². The second-order valence-corrected chi connectivity index (χ2v) is 3.03. The van der Waals surface area contributed by atoms with Gasteiger partial charge in [0, 0.05) is 19.6 Å². The molecule has 4 heteroatoms. The first-order valence-electron chi connectivity index (χ1n) is 4.86. The lowest BCUT2D eigenvalue weighted by atomic mass is 10.5. The van der Waals surface area contributed by atoms with Gasteiger partial charge in [0.1, 0.15) is 0 Å². The largest absolute Gasteiger partial charge is 0.355 e. The molecule has 0 atom stereocenters. The van der Waals surface area contributed by atoms with E-state index in [0.717, 1.165) is 19.6 Å². The van der Waals surface area contributed by atoms with Crippen LogP contribution in [0.2, 0.25) is 0 Å². The lowest BCUT2D eigenvalue weighted by Gasteiger charge is -2.13. The Kier molecular flexibility index (Phi) is 7.63. The molecule has 0 radical (unpaired) electrons. The van der Waals surface area contributed by atoms with Gasteiger partial charge < -0.3 is 15.5 Å². The molecule has 13 heavy (non-hydrogen) atoms. The lowest BCUT2D eigenvalue weighted by Crippen LogP contribution is -2.37. The van der Waals surface area contributed by atoms with E-state index in [2.05, 4.69) is 29.5 Å². The minimum Gasteiger partial charge on any atom is -0.355 e. The Morgan fingerprint density at radius 1 is 1.38 bits per heavy atom. The standard InChI is InChI=1S/C9H21N3O/c1-4-11-9(13)8-10-6-7-12(3)5-2/h10H,4-8H2,1-3H3,(H,11,13). The molecule has 1 amide bonds. The van der Waals surface area contributed by atoms with Crippen molar-refractivity contribution in [3.63, 3.8) is 0 Å². The molecule has 0 saturated heterocycles. The Balaban J connectivity index is 3.20. The van der Waals surface area contributed by atoms with E-state index in [4.69, 9.17) is 0 Å². The smallest absolute Gasteiger partial charge is 0.233 e. The molecule has 0 aliphatic carbocycles. The predicted molar refractivity (Wildman–Crippen MR) is 54.7 cm³/mol. The molecule has 78 valence electrons. The van der Waals surface area contributed by atoms with Gasteiger partial charge in [0.15, 0.2) is 0 Å². The molecular weight excluding hydrogens is 166 g/mol. The van der Waals surface area contributed by atoms with Crippen LogP contribution in [0.3, 0.4) is 0 Å². The molecule has 0 spiro atoms. The normalized spacial score (nSPS) is 10.5. The number of carbonyl (C=O) groups excluding carboxylic acids is 1. The third kappa shape index (κ3) is 7.74. The maximum atomic E-state index is 11.0. The van der Waals surface area contributed by atoms with Crippen LogP contribution in [0.4, 0.5) is 0 Å². The summed E-state index contributed by atoms with van der Waals surface area (Å²) in [4.78, 5) is 13.2. The topological polar surface area (TPSA) is 44.4 Å². The van der Waals surface area contributed by atoms with Gasteiger partial charge in [0.25, 0.3) is 0 Å². The highest BCUT2D eigenvalue weighted by Gasteiger charge is 1.98. The SMILES string of the molecule is CCNC(=O)CNCCN(C)CC. The van der Waals surface area contributed by atoms with Gasteiger partial charge in [-0.05, 0) is 20.5 Å². The summed E-state index contributed by atoms with van der Waals surface area (Å²) in [6.45, 7) is 8.05. The van der Waals surface area contributed by atoms with Gasteiger partial charge in [-0.1, -0.05) is 6.92 Å². The van der Waals surface area contributed by atoms with E-state index in [9.17, 15) is 4.79 Å². The monoisotopic (exact) mass is 187 g/mol. The van der Waals surface area contributed by atoms with E-state index in [-0.39, 0.29) is 5.91 Å². The van der Waals surface area contributed by atoms with Crippen molar-refractivity contribution < 1.29 is 4.79 Å². The number of likely N-dealkylation sites (N-methyl/N-ethyl adjacent to an activating group) is 2. The van der Waals surface area contributed by atoms with Crippen LogP contribution in [0, 0.1) is 0 Å². The zero-order valence-electron chi connectivity index (χ0n) is 8.89. The fourth-order valence-electron chi connectivity index (χ4n) is 0.890. The summed E-state index contributed by atoms with van der Waals surface area (Å²) in [5.41, 5.74) is 0. The molecule has 0 saturated carbocycles. The molecule has 0 aromatic carbocycles. The zero-order valence-corrected chi connectivity index (χ0v) is 8.89. The Morgan fingerprint density at radius 2 is 2.08 bits per heavy atom. The first-order chi connectivity index (χ1) is 6.20. The average Bonchev–Trinajstić information content (AvgIpc) is 2.12. The van der Waals surface area contributed by atoms with Gasteiger partial charge >= 0.3 is 0 Å². The van der Waals surface area contributed by atoms with Crippen LogP contribution in [-0.2, 0) is 4.79 Å². The summed E-state index contributed by atoms with van der Waals surface area (Å²) in [6, 6.07) is 0. The van der Waals surface area contributed by atoms with Gasteiger partial charge in [0.2, 0.25) is 5.91 Å². The summed E-state index contributed by atoms with van der Waals surface area (Å²) in [5, 5.41) is 5.81. The van der Waals surface area contributed by atoms with Crippen molar-refractivity contribution in [2.75, 3.05) is 39.8 Å². The van der Waals surface area contributed by atoms with Crippen molar-refractivity contribution in [2.24, 2.45) is 0 Å². The van der Waals surface area contributed by atoms with Crippen molar-refractivity contribution >= 4 is 5.91 Å². The van der Waals surface area contributed by atoms with Crippen molar-refractivity contribution in [3.05, 3.63) is 0 Å². The van der Waals surface area contributed by atoms with Crippen molar-refractivity contribution in [2.45, 2.75) is 13.8 Å². The lowest BCUT2D eigenvalue weighted by molar-refractivity contribution is -0.120. The number of amides is 1. The summed E-state index contributed by atoms with van der Waals surface area (Å²) >= 11 is 0. The molecular formula is C9H21N3O. The third-order valence-corrected chi connectivity index (χ3v) is 1.87. The molecule has 0 bridgehead atoms. The maximum Gasteiger partial charge on any atom is 0.233 e. The van der Waals surface area contributed by atoms with E-state index < -0.39 is 0 Å². The van der Waals surface area contributed by atoms with E-state index >= 15 is 0 Å². The van der Waals surface area contributed by atoms with E-state index in [0.29, 0.717) is 13.1 Å². The van der Waals surface area contributed by atoms with Crippen LogP contribution in [0.1, 0.15) is 13.8 Å². The van der Waals surface area contributed by atoms with Gasteiger partial charge in [-0.3, -0.25) is 4.79 Å². The number of carbonyl (C=O) groups is 1. The molecule has 0 unspecified atom stereocenters. The molecule has 4 nitrogen and oxygen atoms in total. The van der Waals surface area contributed by atoms with Gasteiger partial charge in [-0.15, -0.1) is 0 Å². The number of nitrogens with zero attached hydrogens (tertiary/aromatic N) is 1. The van der Waals surface area contributed by atoms with Crippen LogP contribution in [0.5, 0.6) is 0 Å². The molecule has 0 aliphatic rings. The van der Waals surface area contributed by atoms with Crippen LogP contribution >= 0.6 is 0 Å². The van der Waals surface area contributed by atoms with Crippen LogP contribution in [-0.4, -0.2) is 50.6 Å². The van der Waals surface area contributed by atoms with Gasteiger partial charge in [-0.25, -0.2) is 0 Å². The molecule has 0 fully saturated rings. The third-order valence-electron chi connectivity index (χ3n) is 1.87. The summed E-state index contributed by atoms with van der Waals surface area (Å²) in [6.07, 6.45) is 0. The number of hydrogen-bond donors (Lipinski definition) is 2. The van der Waals surface area contributed by atoms with Crippen molar-refractivity contribution in [1.29, 1.82) is 0 Å². The first kappa shape index (κ1) is 12.4.